The Morgan fingerprint density at radius 3 is 2.48 bits per heavy atom. The SMILES string of the molecule is CC12CC3CC(C1)CC(COCC(F)(F)SOO[O-])(C3)C2. The minimum Gasteiger partial charge on any atom is -0.691 e. The Balaban J connectivity index is 1.53. The number of ether oxygens (including phenoxy) is 1. The molecule has 0 aromatic rings. The van der Waals surface area contributed by atoms with Gasteiger partial charge in [-0.1, -0.05) is 6.92 Å². The van der Waals surface area contributed by atoms with Gasteiger partial charge in [0, 0.05) is 0 Å². The Morgan fingerprint density at radius 2 is 1.90 bits per heavy atom. The Morgan fingerprint density at radius 1 is 1.24 bits per heavy atom. The minimum absolute atomic E-state index is 0.0788. The van der Waals surface area contributed by atoms with Gasteiger partial charge in [0.05, 0.1) is 6.61 Å². The molecule has 7 heteroatoms. The molecule has 2 atom stereocenters. The maximum Gasteiger partial charge on any atom is 0.343 e. The van der Waals surface area contributed by atoms with Gasteiger partial charge in [-0.25, -0.2) is 0 Å². The lowest BCUT2D eigenvalue weighted by atomic mass is 9.45. The highest BCUT2D eigenvalue weighted by molar-refractivity contribution is 7.95. The second-order valence-corrected chi connectivity index (χ2v) is 8.52. The first-order valence-electron chi connectivity index (χ1n) is 7.44. The first kappa shape index (κ1) is 15.9. The topological polar surface area (TPSA) is 50.8 Å². The average molecular weight is 323 g/mol. The Labute approximate surface area is 127 Å². The third-order valence-electron chi connectivity index (χ3n) is 5.34. The molecule has 0 saturated heterocycles. The molecule has 4 saturated carbocycles. The number of halogens is 2. The molecule has 4 bridgehead atoms. The molecular formula is C14H21F2O4S-. The van der Waals surface area contributed by atoms with Crippen LogP contribution in [0.3, 0.4) is 0 Å². The Bertz CT molecular complexity index is 379. The van der Waals surface area contributed by atoms with E-state index >= 15 is 0 Å². The van der Waals surface area contributed by atoms with E-state index in [9.17, 15) is 14.0 Å². The summed E-state index contributed by atoms with van der Waals surface area (Å²) in [6.45, 7) is 1.96. The molecule has 4 aliphatic rings. The molecule has 4 fully saturated rings. The lowest BCUT2D eigenvalue weighted by Gasteiger charge is -2.61. The van der Waals surface area contributed by atoms with Crippen molar-refractivity contribution in [3.8, 4) is 0 Å². The summed E-state index contributed by atoms with van der Waals surface area (Å²) in [7, 11) is 0. The van der Waals surface area contributed by atoms with Crippen LogP contribution in [0.2, 0.25) is 0 Å². The van der Waals surface area contributed by atoms with Crippen molar-refractivity contribution in [1.29, 1.82) is 0 Å². The summed E-state index contributed by atoms with van der Waals surface area (Å²) in [5.41, 5.74) is 0.458. The van der Waals surface area contributed by atoms with Gasteiger partial charge in [0.1, 0.15) is 18.6 Å². The second kappa shape index (κ2) is 5.60. The summed E-state index contributed by atoms with van der Waals surface area (Å²) in [5, 5.41) is 9.28. The molecule has 122 valence electrons. The fourth-order valence-electron chi connectivity index (χ4n) is 5.57. The molecule has 2 unspecified atom stereocenters. The smallest absolute Gasteiger partial charge is 0.343 e. The van der Waals surface area contributed by atoms with Crippen LogP contribution < -0.4 is 5.26 Å². The maximum absolute atomic E-state index is 13.3. The van der Waals surface area contributed by atoms with Gasteiger partial charge < -0.3 is 9.99 Å². The van der Waals surface area contributed by atoms with Gasteiger partial charge in [-0.15, -0.1) is 0 Å². The van der Waals surface area contributed by atoms with Gasteiger partial charge in [-0.2, -0.15) is 13.1 Å². The van der Waals surface area contributed by atoms with E-state index in [1.807, 2.05) is 0 Å². The highest BCUT2D eigenvalue weighted by Gasteiger charge is 2.55. The molecule has 0 spiro atoms. The molecule has 0 aromatic carbocycles. The van der Waals surface area contributed by atoms with Crippen LogP contribution in [0.5, 0.6) is 0 Å². The molecule has 4 nitrogen and oxygen atoms in total. The van der Waals surface area contributed by atoms with Crippen LogP contribution >= 0.6 is 12.0 Å². The predicted molar refractivity (Wildman–Crippen MR) is 70.7 cm³/mol. The van der Waals surface area contributed by atoms with E-state index in [0.717, 1.165) is 31.1 Å². The van der Waals surface area contributed by atoms with Crippen molar-refractivity contribution in [2.24, 2.45) is 22.7 Å². The number of alkyl halides is 2. The standard InChI is InChI=1S/C14H22F2O4S/c1-12-3-10-2-11(4-12)6-13(5-10,7-12)8-18-9-14(15,16)21-20-19-17/h10-11,17H,2-9H2,1H3/p-1. The van der Waals surface area contributed by atoms with Crippen LogP contribution in [0.15, 0.2) is 0 Å². The van der Waals surface area contributed by atoms with Crippen molar-refractivity contribution in [1.82, 2.24) is 0 Å². The predicted octanol–water partition coefficient (Wildman–Crippen LogP) is 3.07. The van der Waals surface area contributed by atoms with Crippen molar-refractivity contribution in [3.63, 3.8) is 0 Å². The quantitative estimate of drug-likeness (QED) is 0.409. The fourth-order valence-corrected chi connectivity index (χ4v) is 5.83. The van der Waals surface area contributed by atoms with E-state index in [-0.39, 0.29) is 17.5 Å². The summed E-state index contributed by atoms with van der Waals surface area (Å²) in [6.07, 6.45) is 7.18. The number of hydrogen-bond acceptors (Lipinski definition) is 5. The average Bonchev–Trinajstić information content (AvgIpc) is 2.32. The van der Waals surface area contributed by atoms with Crippen LogP contribution in [0.25, 0.3) is 0 Å². The van der Waals surface area contributed by atoms with Crippen LogP contribution in [0.4, 0.5) is 8.78 Å². The molecule has 4 rings (SSSR count). The first-order chi connectivity index (χ1) is 9.84. The van der Waals surface area contributed by atoms with Crippen LogP contribution in [-0.2, 0) is 14.1 Å². The second-order valence-electron chi connectivity index (χ2n) is 7.62. The highest BCUT2D eigenvalue weighted by atomic mass is 32.2. The largest absolute Gasteiger partial charge is 0.691 e. The van der Waals surface area contributed by atoms with E-state index in [0.29, 0.717) is 12.0 Å². The third kappa shape index (κ3) is 3.52. The van der Waals surface area contributed by atoms with Gasteiger partial charge in [-0.05, 0) is 61.2 Å². The molecule has 0 amide bonds. The van der Waals surface area contributed by atoms with E-state index in [2.05, 4.69) is 16.3 Å². The van der Waals surface area contributed by atoms with E-state index in [1.165, 1.54) is 19.3 Å². The molecule has 0 N–H and O–H groups in total. The van der Waals surface area contributed by atoms with Crippen molar-refractivity contribution in [2.45, 2.75) is 50.7 Å². The molecule has 4 aliphatic carbocycles. The van der Waals surface area contributed by atoms with Crippen LogP contribution in [0.1, 0.15) is 45.4 Å². The van der Waals surface area contributed by atoms with Gasteiger partial charge >= 0.3 is 5.25 Å². The zero-order valence-electron chi connectivity index (χ0n) is 12.1. The zero-order valence-corrected chi connectivity index (χ0v) is 12.9. The normalized spacial score (nSPS) is 41.7. The lowest BCUT2D eigenvalue weighted by Crippen LogP contribution is -2.52. The summed E-state index contributed by atoms with van der Waals surface area (Å²) in [5.74, 6) is 1.49. The molecule has 0 radical (unpaired) electrons. The molecule has 21 heavy (non-hydrogen) atoms. The van der Waals surface area contributed by atoms with Crippen LogP contribution in [-0.4, -0.2) is 18.5 Å². The summed E-state index contributed by atoms with van der Waals surface area (Å²) in [4.78, 5) is 0. The van der Waals surface area contributed by atoms with Crippen LogP contribution in [0, 0.1) is 22.7 Å². The van der Waals surface area contributed by atoms with E-state index in [1.54, 1.807) is 0 Å². The Kier molecular flexibility index (Phi) is 4.25. The summed E-state index contributed by atoms with van der Waals surface area (Å²) in [6, 6.07) is 0. The van der Waals surface area contributed by atoms with Gasteiger partial charge in [0.25, 0.3) is 0 Å². The molecule has 0 heterocycles. The number of hydrogen-bond donors (Lipinski definition) is 0. The summed E-state index contributed by atoms with van der Waals surface area (Å²) < 4.78 is 35.7. The summed E-state index contributed by atoms with van der Waals surface area (Å²) >= 11 is -0.298. The third-order valence-corrected chi connectivity index (χ3v) is 5.82. The van der Waals surface area contributed by atoms with Gasteiger partial charge in [0.15, 0.2) is 0 Å². The monoisotopic (exact) mass is 323 g/mol. The minimum atomic E-state index is -3.27. The maximum atomic E-state index is 13.3. The lowest BCUT2D eigenvalue weighted by molar-refractivity contribution is -0.777. The van der Waals surface area contributed by atoms with Crippen molar-refractivity contribution >= 4 is 12.0 Å². The number of rotatable bonds is 7. The van der Waals surface area contributed by atoms with Gasteiger partial charge in [-0.3, -0.25) is 5.04 Å². The van der Waals surface area contributed by atoms with Gasteiger partial charge in [0.2, 0.25) is 0 Å². The fraction of sp³-hybridized carbons (Fsp3) is 1.00. The molecule has 0 aromatic heterocycles. The molecule has 0 aliphatic heterocycles. The highest BCUT2D eigenvalue weighted by Crippen LogP contribution is 2.65. The Hall–Kier alpha value is 0.0500. The van der Waals surface area contributed by atoms with E-state index < -0.39 is 11.9 Å². The molecular weight excluding hydrogens is 302 g/mol. The van der Waals surface area contributed by atoms with Crippen molar-refractivity contribution in [3.05, 3.63) is 0 Å². The van der Waals surface area contributed by atoms with Crippen molar-refractivity contribution < 1.29 is 28.1 Å². The van der Waals surface area contributed by atoms with E-state index in [4.69, 9.17) is 4.74 Å². The van der Waals surface area contributed by atoms with Crippen molar-refractivity contribution in [2.75, 3.05) is 13.2 Å². The first-order valence-corrected chi connectivity index (χ1v) is 8.18. The zero-order chi connectivity index (χ0) is 15.1.